The van der Waals surface area contributed by atoms with Gasteiger partial charge in [-0.1, -0.05) is 99.1 Å². The number of carbonyl (C=O) groups excluding carboxylic acids is 1. The molecular formula is C32H42IrNO2-. The zero-order valence-corrected chi connectivity index (χ0v) is 26.1. The van der Waals surface area contributed by atoms with E-state index in [9.17, 15) is 9.90 Å². The molecule has 2 aromatic carbocycles. The van der Waals surface area contributed by atoms with Gasteiger partial charge in [-0.05, 0) is 29.5 Å². The molecule has 3 nitrogen and oxygen atoms in total. The molecule has 3 rings (SSSR count). The van der Waals surface area contributed by atoms with Crippen LogP contribution in [0.1, 0.15) is 79.0 Å². The first-order chi connectivity index (χ1) is 15.9. The molecule has 0 bridgehead atoms. The van der Waals surface area contributed by atoms with Gasteiger partial charge in [0.15, 0.2) is 5.78 Å². The Hall–Kier alpha value is -2.29. The van der Waals surface area contributed by atoms with E-state index >= 15 is 0 Å². The average molecular weight is 665 g/mol. The molecule has 0 aliphatic heterocycles. The molecule has 3 aromatic rings. The Morgan fingerprint density at radius 1 is 0.889 bits per heavy atom. The van der Waals surface area contributed by atoms with E-state index in [4.69, 9.17) is 4.98 Å². The average Bonchev–Trinajstić information content (AvgIpc) is 2.71. The van der Waals surface area contributed by atoms with E-state index < -0.39 is 5.41 Å². The van der Waals surface area contributed by atoms with Gasteiger partial charge in [0.25, 0.3) is 0 Å². The third-order valence-electron chi connectivity index (χ3n) is 5.81. The maximum Gasteiger partial charge on any atom is 0.164 e. The number of nitrogens with zero attached hydrogens (tertiary/aromatic N) is 1. The quantitative estimate of drug-likeness (QED) is 0.169. The molecule has 1 N–H and O–H groups in total. The summed E-state index contributed by atoms with van der Waals surface area (Å²) in [4.78, 5) is 16.4. The predicted molar refractivity (Wildman–Crippen MR) is 149 cm³/mol. The number of aliphatic hydroxyl groups excluding tert-OH is 1. The van der Waals surface area contributed by atoms with Crippen LogP contribution >= 0.6 is 0 Å². The number of hydrogen-bond donors (Lipinski definition) is 1. The Balaban J connectivity index is 0.000000402. The second kappa shape index (κ2) is 11.8. The molecular weight excluding hydrogens is 623 g/mol. The number of fused-ring (bicyclic) bond motifs is 1. The van der Waals surface area contributed by atoms with Crippen LogP contribution in [0.2, 0.25) is 0 Å². The normalized spacial score (nSPS) is 12.5. The Morgan fingerprint density at radius 3 is 2.00 bits per heavy atom. The summed E-state index contributed by atoms with van der Waals surface area (Å²) < 4.78 is 0. The summed E-state index contributed by atoms with van der Waals surface area (Å²) in [6.45, 7) is 22.1. The van der Waals surface area contributed by atoms with Crippen LogP contribution in [-0.2, 0) is 30.3 Å². The fourth-order valence-corrected chi connectivity index (χ4v) is 3.33. The summed E-state index contributed by atoms with van der Waals surface area (Å²) in [5.74, 6) is 0.104. The Morgan fingerprint density at radius 2 is 1.47 bits per heavy atom. The van der Waals surface area contributed by atoms with E-state index in [1.807, 2.05) is 47.6 Å². The summed E-state index contributed by atoms with van der Waals surface area (Å²) in [6, 6.07) is 18.4. The third-order valence-corrected chi connectivity index (χ3v) is 5.81. The van der Waals surface area contributed by atoms with Gasteiger partial charge in [-0.15, -0.1) is 34.9 Å². The van der Waals surface area contributed by atoms with Crippen LogP contribution in [-0.4, -0.2) is 15.9 Å². The van der Waals surface area contributed by atoms with Gasteiger partial charge in [0.1, 0.15) is 5.76 Å². The first-order valence-electron chi connectivity index (χ1n) is 12.3. The van der Waals surface area contributed by atoms with Crippen molar-refractivity contribution in [2.75, 3.05) is 0 Å². The van der Waals surface area contributed by atoms with Gasteiger partial charge in [0.2, 0.25) is 0 Å². The minimum Gasteiger partial charge on any atom is -0.512 e. The number of aromatic nitrogens is 1. The third kappa shape index (κ3) is 8.68. The molecule has 0 amide bonds. The van der Waals surface area contributed by atoms with Crippen LogP contribution < -0.4 is 0 Å². The van der Waals surface area contributed by atoms with Crippen molar-refractivity contribution in [3.05, 3.63) is 77.1 Å². The van der Waals surface area contributed by atoms with Crippen molar-refractivity contribution in [1.29, 1.82) is 0 Å². The van der Waals surface area contributed by atoms with Crippen molar-refractivity contribution in [1.82, 2.24) is 4.98 Å². The molecule has 0 saturated heterocycles. The number of benzene rings is 2. The van der Waals surface area contributed by atoms with E-state index in [1.165, 1.54) is 22.6 Å². The van der Waals surface area contributed by atoms with Gasteiger partial charge in [0, 0.05) is 37.0 Å². The molecule has 0 aliphatic rings. The Bertz CT molecular complexity index is 1240. The van der Waals surface area contributed by atoms with Gasteiger partial charge in [-0.3, -0.25) is 9.78 Å². The number of pyridine rings is 1. The van der Waals surface area contributed by atoms with Gasteiger partial charge in [-0.2, -0.15) is 0 Å². The van der Waals surface area contributed by atoms with E-state index in [2.05, 4.69) is 77.1 Å². The molecule has 0 spiro atoms. The van der Waals surface area contributed by atoms with Crippen molar-refractivity contribution >= 4 is 16.7 Å². The Kier molecular flexibility index (Phi) is 10.4. The van der Waals surface area contributed by atoms with Crippen molar-refractivity contribution in [3.63, 3.8) is 0 Å². The van der Waals surface area contributed by atoms with Gasteiger partial charge < -0.3 is 5.11 Å². The summed E-state index contributed by atoms with van der Waals surface area (Å²) in [7, 11) is 0. The molecule has 0 atom stereocenters. The van der Waals surface area contributed by atoms with Crippen molar-refractivity contribution in [2.24, 2.45) is 10.8 Å². The number of ketones is 1. The largest absolute Gasteiger partial charge is 0.512 e. The van der Waals surface area contributed by atoms with Gasteiger partial charge in [0.05, 0.1) is 5.52 Å². The first-order valence-corrected chi connectivity index (χ1v) is 12.3. The monoisotopic (exact) mass is 665 g/mol. The second-order valence-electron chi connectivity index (χ2n) is 12.5. The number of hydrogen-bond acceptors (Lipinski definition) is 3. The number of allylic oxidation sites excluding steroid dienone is 2. The Labute approximate surface area is 231 Å². The molecule has 0 saturated carbocycles. The number of para-hydroxylation sites is 1. The summed E-state index contributed by atoms with van der Waals surface area (Å²) in [5, 5.41) is 10.7. The number of rotatable bonds is 2. The fourth-order valence-electron chi connectivity index (χ4n) is 3.33. The van der Waals surface area contributed by atoms with Crippen molar-refractivity contribution in [3.8, 4) is 11.3 Å². The number of aliphatic hydroxyl groups is 1. The van der Waals surface area contributed by atoms with E-state index in [0.717, 1.165) is 22.3 Å². The topological polar surface area (TPSA) is 50.2 Å². The molecule has 1 aromatic heterocycles. The molecule has 197 valence electrons. The smallest absolute Gasteiger partial charge is 0.164 e. The van der Waals surface area contributed by atoms with Crippen molar-refractivity contribution < 1.29 is 30.0 Å². The SMILES string of the molecule is CC(C)(C)C(=O)/C=C(\O)C(C)(C)C.Cc1[c-]c(-c2nc3ccccc3cc2C)cc(C(C)(C)C)c1.[Ir]. The predicted octanol–water partition coefficient (Wildman–Crippen LogP) is 8.70. The van der Waals surface area contributed by atoms with E-state index in [-0.39, 0.29) is 42.5 Å². The summed E-state index contributed by atoms with van der Waals surface area (Å²) in [6.07, 6.45) is 1.33. The fraction of sp³-hybridized carbons (Fsp3) is 0.438. The van der Waals surface area contributed by atoms with Crippen molar-refractivity contribution in [2.45, 2.75) is 81.6 Å². The number of carbonyl (C=O) groups is 1. The maximum absolute atomic E-state index is 11.5. The van der Waals surface area contributed by atoms with Crippen LogP contribution in [0.15, 0.2) is 54.3 Å². The van der Waals surface area contributed by atoms with E-state index in [1.54, 1.807) is 0 Å². The minimum atomic E-state index is -0.417. The summed E-state index contributed by atoms with van der Waals surface area (Å²) in [5.41, 5.74) is 6.21. The molecule has 4 heteroatoms. The number of aryl methyl sites for hydroxylation is 2. The molecule has 0 unspecified atom stereocenters. The second-order valence-corrected chi connectivity index (χ2v) is 12.5. The van der Waals surface area contributed by atoms with Crippen LogP contribution in [0, 0.1) is 30.7 Å². The van der Waals surface area contributed by atoms with Crippen LogP contribution in [0.4, 0.5) is 0 Å². The van der Waals surface area contributed by atoms with Crippen LogP contribution in [0.5, 0.6) is 0 Å². The molecule has 36 heavy (non-hydrogen) atoms. The van der Waals surface area contributed by atoms with Crippen LogP contribution in [0.3, 0.4) is 0 Å². The van der Waals surface area contributed by atoms with Gasteiger partial charge >= 0.3 is 0 Å². The van der Waals surface area contributed by atoms with Gasteiger partial charge in [-0.25, -0.2) is 0 Å². The maximum atomic E-state index is 11.5. The first kappa shape index (κ1) is 31.7. The summed E-state index contributed by atoms with van der Waals surface area (Å²) >= 11 is 0. The zero-order chi connectivity index (χ0) is 26.8. The molecule has 1 heterocycles. The van der Waals surface area contributed by atoms with Crippen LogP contribution in [0.25, 0.3) is 22.2 Å². The standard InChI is InChI=1S/C21H22N.C11H20O2.Ir/c1-14-10-17(13-18(11-14)21(3,4)5)20-15(2)12-16-8-6-7-9-19(16)22-20;1-10(2,3)8(12)7-9(13)11(4,5)6;/h6-9,11-13H,1-5H3;7,12H,1-6H3;/q-1;;/b;8-7-;. The molecule has 1 radical (unpaired) electrons. The molecule has 0 fully saturated rings. The zero-order valence-electron chi connectivity index (χ0n) is 23.8. The molecule has 0 aliphatic carbocycles. The van der Waals surface area contributed by atoms with E-state index in [0.29, 0.717) is 0 Å². The minimum absolute atomic E-state index is 0.